The second kappa shape index (κ2) is 5.50. The number of likely N-dealkylation sites (tertiary alicyclic amines) is 1. The van der Waals surface area contributed by atoms with Gasteiger partial charge in [0.05, 0.1) is 0 Å². The van der Waals surface area contributed by atoms with Crippen LogP contribution in [-0.4, -0.2) is 29.6 Å². The van der Waals surface area contributed by atoms with Gasteiger partial charge in [-0.05, 0) is 46.7 Å². The summed E-state index contributed by atoms with van der Waals surface area (Å²) in [5.74, 6) is 11.7. The summed E-state index contributed by atoms with van der Waals surface area (Å²) in [5, 5.41) is 0. The minimum atomic E-state index is 0.0924. The van der Waals surface area contributed by atoms with Crippen LogP contribution in [0.5, 0.6) is 0 Å². The minimum absolute atomic E-state index is 0.0924. The summed E-state index contributed by atoms with van der Waals surface area (Å²) in [4.78, 5) is 2.51. The summed E-state index contributed by atoms with van der Waals surface area (Å²) in [6, 6.07) is 0.239. The topological polar surface area (TPSA) is 41.3 Å². The monoisotopic (exact) mass is 209 g/mol. The zero-order valence-corrected chi connectivity index (χ0v) is 10.1. The van der Waals surface area contributed by atoms with Gasteiger partial charge in [-0.2, -0.15) is 0 Å². The van der Waals surface area contributed by atoms with E-state index in [1.54, 1.807) is 0 Å². The molecule has 0 saturated carbocycles. The lowest BCUT2D eigenvalue weighted by Crippen LogP contribution is -2.58. The van der Waals surface area contributed by atoms with Gasteiger partial charge in [-0.15, -0.1) is 11.8 Å². The zero-order chi connectivity index (χ0) is 11.3. The van der Waals surface area contributed by atoms with E-state index in [1.807, 2.05) is 6.92 Å². The second-order valence-corrected chi connectivity index (χ2v) is 4.70. The molecule has 86 valence electrons. The fourth-order valence-electron chi connectivity index (χ4n) is 2.23. The lowest BCUT2D eigenvalue weighted by Gasteiger charge is -2.41. The van der Waals surface area contributed by atoms with Gasteiger partial charge in [0.2, 0.25) is 0 Å². The van der Waals surface area contributed by atoms with Crippen LogP contribution in [0.1, 0.15) is 40.0 Å². The Balaban J connectivity index is 2.64. The number of rotatable bonds is 4. The van der Waals surface area contributed by atoms with Crippen LogP contribution in [0.2, 0.25) is 0 Å². The van der Waals surface area contributed by atoms with Crippen molar-refractivity contribution in [1.82, 2.24) is 10.3 Å². The molecule has 0 aromatic carbocycles. The van der Waals surface area contributed by atoms with Crippen molar-refractivity contribution in [2.75, 3.05) is 13.1 Å². The highest BCUT2D eigenvalue weighted by molar-refractivity contribution is 5.04. The van der Waals surface area contributed by atoms with Crippen molar-refractivity contribution in [3.8, 4) is 11.8 Å². The maximum atomic E-state index is 5.62. The first kappa shape index (κ1) is 12.5. The first-order chi connectivity index (χ1) is 7.12. The highest BCUT2D eigenvalue weighted by Crippen LogP contribution is 2.25. The molecule has 1 fully saturated rings. The molecule has 0 aromatic heterocycles. The third-order valence-corrected chi connectivity index (χ3v) is 3.46. The first-order valence-electron chi connectivity index (χ1n) is 5.73. The third kappa shape index (κ3) is 2.94. The summed E-state index contributed by atoms with van der Waals surface area (Å²) in [6.45, 7) is 8.74. The second-order valence-electron chi connectivity index (χ2n) is 4.70. The van der Waals surface area contributed by atoms with Crippen LogP contribution in [0.15, 0.2) is 0 Å². The molecule has 0 aromatic rings. The lowest BCUT2D eigenvalue weighted by atomic mass is 9.91. The van der Waals surface area contributed by atoms with E-state index in [9.17, 15) is 0 Å². The molecule has 1 rings (SSSR count). The van der Waals surface area contributed by atoms with Crippen LogP contribution in [-0.2, 0) is 0 Å². The van der Waals surface area contributed by atoms with Gasteiger partial charge in [0.25, 0.3) is 0 Å². The van der Waals surface area contributed by atoms with Gasteiger partial charge < -0.3 is 0 Å². The summed E-state index contributed by atoms with van der Waals surface area (Å²) in [5.41, 5.74) is 3.00. The number of nitrogens with zero attached hydrogens (tertiary/aromatic N) is 1. The molecule has 15 heavy (non-hydrogen) atoms. The molecule has 3 heteroatoms. The lowest BCUT2D eigenvalue weighted by molar-refractivity contribution is 0.109. The molecule has 3 nitrogen and oxygen atoms in total. The molecule has 1 aliphatic heterocycles. The molecule has 0 spiro atoms. The molecule has 1 aliphatic rings. The van der Waals surface area contributed by atoms with Crippen LogP contribution in [0.25, 0.3) is 0 Å². The van der Waals surface area contributed by atoms with Crippen LogP contribution in [0, 0.1) is 11.8 Å². The van der Waals surface area contributed by atoms with Gasteiger partial charge in [0.1, 0.15) is 0 Å². The number of nitrogens with one attached hydrogen (secondary N) is 1. The number of hydrogen-bond acceptors (Lipinski definition) is 3. The van der Waals surface area contributed by atoms with Crippen LogP contribution >= 0.6 is 0 Å². The molecule has 0 radical (unpaired) electrons. The van der Waals surface area contributed by atoms with E-state index in [1.165, 1.54) is 25.9 Å². The van der Waals surface area contributed by atoms with E-state index in [2.05, 4.69) is 36.0 Å². The van der Waals surface area contributed by atoms with E-state index in [0.717, 1.165) is 6.42 Å². The number of hydrazine groups is 1. The third-order valence-electron chi connectivity index (χ3n) is 3.46. The highest BCUT2D eigenvalue weighted by Gasteiger charge is 2.35. The summed E-state index contributed by atoms with van der Waals surface area (Å²) in [7, 11) is 0. The Labute approximate surface area is 93.4 Å². The standard InChI is InChI=1S/C12H23N3/c1-4-5-8-11(14-13)12(2,3)15-9-6-7-10-15/h11,14H,6-10,13H2,1-3H3. The fraction of sp³-hybridized carbons (Fsp3) is 0.833. The van der Waals surface area contributed by atoms with E-state index < -0.39 is 0 Å². The first-order valence-corrected chi connectivity index (χ1v) is 5.73. The zero-order valence-electron chi connectivity index (χ0n) is 10.1. The summed E-state index contributed by atoms with van der Waals surface area (Å²) >= 11 is 0. The van der Waals surface area contributed by atoms with Gasteiger partial charge in [0.15, 0.2) is 0 Å². The number of nitrogens with two attached hydrogens (primary N) is 1. The highest BCUT2D eigenvalue weighted by atomic mass is 15.3. The Kier molecular flexibility index (Phi) is 4.59. The fourth-order valence-corrected chi connectivity index (χ4v) is 2.23. The normalized spacial score (nSPS) is 19.7. The molecule has 0 bridgehead atoms. The average Bonchev–Trinajstić information content (AvgIpc) is 2.72. The molecule has 0 amide bonds. The van der Waals surface area contributed by atoms with E-state index in [-0.39, 0.29) is 11.6 Å². The quantitative estimate of drug-likeness (QED) is 0.414. The molecule has 3 N–H and O–H groups in total. The predicted molar refractivity (Wildman–Crippen MR) is 64.1 cm³/mol. The Bertz CT molecular complexity index is 243. The maximum absolute atomic E-state index is 5.62. The Morgan fingerprint density at radius 1 is 1.40 bits per heavy atom. The van der Waals surface area contributed by atoms with Crippen molar-refractivity contribution in [3.05, 3.63) is 0 Å². The molecule has 1 saturated heterocycles. The Hall–Kier alpha value is -0.560. The van der Waals surface area contributed by atoms with E-state index in [4.69, 9.17) is 5.84 Å². The van der Waals surface area contributed by atoms with Gasteiger partial charge >= 0.3 is 0 Å². The van der Waals surface area contributed by atoms with E-state index >= 15 is 0 Å². The van der Waals surface area contributed by atoms with Crippen molar-refractivity contribution < 1.29 is 0 Å². The van der Waals surface area contributed by atoms with Crippen molar-refractivity contribution >= 4 is 0 Å². The van der Waals surface area contributed by atoms with E-state index in [0.29, 0.717) is 0 Å². The molecule has 1 heterocycles. The molecule has 1 atom stereocenters. The summed E-state index contributed by atoms with van der Waals surface area (Å²) < 4.78 is 0. The van der Waals surface area contributed by atoms with Crippen molar-refractivity contribution in [3.63, 3.8) is 0 Å². The number of hydrogen-bond donors (Lipinski definition) is 2. The van der Waals surface area contributed by atoms with Gasteiger partial charge in [-0.25, -0.2) is 0 Å². The average molecular weight is 209 g/mol. The minimum Gasteiger partial charge on any atom is -0.297 e. The molecule has 0 aliphatic carbocycles. The van der Waals surface area contributed by atoms with Crippen LogP contribution in [0.4, 0.5) is 0 Å². The van der Waals surface area contributed by atoms with Gasteiger partial charge in [-0.1, -0.05) is 0 Å². The van der Waals surface area contributed by atoms with Gasteiger partial charge in [0, 0.05) is 18.0 Å². The molecular formula is C12H23N3. The Morgan fingerprint density at radius 3 is 2.47 bits per heavy atom. The molecular weight excluding hydrogens is 186 g/mol. The van der Waals surface area contributed by atoms with Gasteiger partial charge in [-0.3, -0.25) is 16.2 Å². The smallest absolute Gasteiger partial charge is 0.0498 e. The predicted octanol–water partition coefficient (Wildman–Crippen LogP) is 1.11. The largest absolute Gasteiger partial charge is 0.297 e. The molecule has 1 unspecified atom stereocenters. The maximum Gasteiger partial charge on any atom is 0.0498 e. The Morgan fingerprint density at radius 2 is 2.00 bits per heavy atom. The SMILES string of the molecule is CC#CCC(NN)C(C)(C)N1CCCC1. The van der Waals surface area contributed by atoms with Crippen molar-refractivity contribution in [1.29, 1.82) is 0 Å². The van der Waals surface area contributed by atoms with Crippen molar-refractivity contribution in [2.45, 2.75) is 51.6 Å². The van der Waals surface area contributed by atoms with Crippen molar-refractivity contribution in [2.24, 2.45) is 5.84 Å². The van der Waals surface area contributed by atoms with Crippen LogP contribution in [0.3, 0.4) is 0 Å². The summed E-state index contributed by atoms with van der Waals surface area (Å²) in [6.07, 6.45) is 3.43. The van der Waals surface area contributed by atoms with Crippen LogP contribution < -0.4 is 11.3 Å².